The maximum Gasteiger partial charge on any atom is 0.255 e. The van der Waals surface area contributed by atoms with Gasteiger partial charge in [-0.15, -0.1) is 0 Å². The summed E-state index contributed by atoms with van der Waals surface area (Å²) >= 11 is 6.02. The van der Waals surface area contributed by atoms with Gasteiger partial charge in [-0.1, -0.05) is 31.5 Å². The van der Waals surface area contributed by atoms with Crippen LogP contribution in [-0.4, -0.2) is 42.1 Å². The summed E-state index contributed by atoms with van der Waals surface area (Å²) in [6.07, 6.45) is 1.67. The number of benzene rings is 1. The molecule has 5 nitrogen and oxygen atoms in total. The lowest BCUT2D eigenvalue weighted by molar-refractivity contribution is 0.0301. The van der Waals surface area contributed by atoms with Crippen LogP contribution in [0.25, 0.3) is 0 Å². The fraction of sp³-hybridized carbons (Fsp3) is 0.368. The van der Waals surface area contributed by atoms with Crippen molar-refractivity contribution in [3.8, 4) is 0 Å². The quantitative estimate of drug-likeness (QED) is 0.893. The molecule has 1 saturated heterocycles. The van der Waals surface area contributed by atoms with Crippen LogP contribution in [0.2, 0.25) is 5.02 Å². The van der Waals surface area contributed by atoms with Crippen molar-refractivity contribution in [2.75, 3.05) is 31.6 Å². The minimum atomic E-state index is 0.0220. The molecule has 1 aliphatic heterocycles. The summed E-state index contributed by atoms with van der Waals surface area (Å²) in [5.41, 5.74) is 2.51. The van der Waals surface area contributed by atoms with Crippen molar-refractivity contribution in [3.05, 3.63) is 52.7 Å². The molecule has 1 aromatic carbocycles. The summed E-state index contributed by atoms with van der Waals surface area (Å²) in [6, 6.07) is 9.41. The Hall–Kier alpha value is -2.11. The van der Waals surface area contributed by atoms with Crippen LogP contribution < -0.4 is 5.32 Å². The van der Waals surface area contributed by atoms with E-state index >= 15 is 0 Å². The summed E-state index contributed by atoms with van der Waals surface area (Å²) in [7, 11) is 0. The van der Waals surface area contributed by atoms with Gasteiger partial charge in [0.15, 0.2) is 0 Å². The molecule has 0 aliphatic carbocycles. The Morgan fingerprint density at radius 2 is 2.04 bits per heavy atom. The molecule has 0 radical (unpaired) electrons. The molecule has 25 heavy (non-hydrogen) atoms. The van der Waals surface area contributed by atoms with Crippen molar-refractivity contribution in [3.63, 3.8) is 0 Å². The summed E-state index contributed by atoms with van der Waals surface area (Å²) < 4.78 is 5.33. The summed E-state index contributed by atoms with van der Waals surface area (Å²) in [5.74, 6) is 0.932. The average molecular weight is 360 g/mol. The highest BCUT2D eigenvalue weighted by atomic mass is 35.5. The molecule has 2 aromatic rings. The molecule has 0 atom stereocenters. The van der Waals surface area contributed by atoms with Gasteiger partial charge in [0.05, 0.1) is 18.8 Å². The highest BCUT2D eigenvalue weighted by Crippen LogP contribution is 2.26. The maximum absolute atomic E-state index is 12.8. The molecule has 1 N–H and O–H groups in total. The summed E-state index contributed by atoms with van der Waals surface area (Å²) in [6.45, 7) is 6.58. The fourth-order valence-electron chi connectivity index (χ4n) is 2.85. The van der Waals surface area contributed by atoms with Crippen molar-refractivity contribution in [1.82, 2.24) is 9.88 Å². The summed E-state index contributed by atoms with van der Waals surface area (Å²) in [4.78, 5) is 19.1. The second-order valence-corrected chi connectivity index (χ2v) is 6.79. The predicted octanol–water partition coefficient (Wildman–Crippen LogP) is 4.07. The Kier molecular flexibility index (Phi) is 5.56. The first-order chi connectivity index (χ1) is 12.0. The number of carbonyl (C=O) groups is 1. The second kappa shape index (κ2) is 7.85. The van der Waals surface area contributed by atoms with E-state index in [1.54, 1.807) is 6.20 Å². The van der Waals surface area contributed by atoms with Crippen LogP contribution in [0.5, 0.6) is 0 Å². The molecule has 6 heteroatoms. The molecule has 1 aliphatic rings. The van der Waals surface area contributed by atoms with Gasteiger partial charge in [-0.05, 0) is 35.7 Å². The number of rotatable bonds is 4. The number of hydrogen-bond donors (Lipinski definition) is 1. The van der Waals surface area contributed by atoms with Crippen molar-refractivity contribution >= 4 is 29.0 Å². The van der Waals surface area contributed by atoms with Crippen LogP contribution in [0.4, 0.5) is 11.5 Å². The van der Waals surface area contributed by atoms with Crippen LogP contribution in [0.1, 0.15) is 35.7 Å². The van der Waals surface area contributed by atoms with Gasteiger partial charge in [-0.25, -0.2) is 4.98 Å². The Morgan fingerprint density at radius 1 is 1.28 bits per heavy atom. The largest absolute Gasteiger partial charge is 0.378 e. The molecular formula is C19H22ClN3O2. The third-order valence-corrected chi connectivity index (χ3v) is 4.42. The van der Waals surface area contributed by atoms with Crippen molar-refractivity contribution in [2.45, 2.75) is 19.8 Å². The van der Waals surface area contributed by atoms with Gasteiger partial charge in [-0.2, -0.15) is 0 Å². The van der Waals surface area contributed by atoms with E-state index in [0.29, 0.717) is 42.7 Å². The standard InChI is InChI=1S/C19H22ClN3O2/c1-13(2)16-11-18(22-15-5-3-4-14(20)10-15)21-12-17(16)19(24)23-6-8-25-9-7-23/h3-5,10-13H,6-9H2,1-2H3,(H,21,22). The number of aromatic nitrogens is 1. The van der Waals surface area contributed by atoms with Gasteiger partial charge in [-0.3, -0.25) is 4.79 Å². The number of nitrogens with zero attached hydrogens (tertiary/aromatic N) is 2. The SMILES string of the molecule is CC(C)c1cc(Nc2cccc(Cl)c2)ncc1C(=O)N1CCOCC1. The Balaban J connectivity index is 1.86. The molecule has 2 heterocycles. The number of anilines is 2. The van der Waals surface area contributed by atoms with Gasteiger partial charge in [0.1, 0.15) is 5.82 Å². The van der Waals surface area contributed by atoms with Gasteiger partial charge >= 0.3 is 0 Å². The number of nitrogens with one attached hydrogen (secondary N) is 1. The third-order valence-electron chi connectivity index (χ3n) is 4.18. The monoisotopic (exact) mass is 359 g/mol. The van der Waals surface area contributed by atoms with Crippen LogP contribution in [-0.2, 0) is 4.74 Å². The van der Waals surface area contributed by atoms with Gasteiger partial charge in [0.2, 0.25) is 0 Å². The Morgan fingerprint density at radius 3 is 2.72 bits per heavy atom. The molecule has 0 unspecified atom stereocenters. The van der Waals surface area contributed by atoms with E-state index in [2.05, 4.69) is 24.1 Å². The number of amides is 1. The van der Waals surface area contributed by atoms with Crippen LogP contribution >= 0.6 is 11.6 Å². The maximum atomic E-state index is 12.8. The molecule has 1 fully saturated rings. The Labute approximate surface area is 153 Å². The van der Waals surface area contributed by atoms with Gasteiger partial charge in [0.25, 0.3) is 5.91 Å². The number of halogens is 1. The summed E-state index contributed by atoms with van der Waals surface area (Å²) in [5, 5.41) is 3.91. The zero-order chi connectivity index (χ0) is 17.8. The van der Waals surface area contributed by atoms with E-state index in [0.717, 1.165) is 11.3 Å². The van der Waals surface area contributed by atoms with E-state index in [1.165, 1.54) is 0 Å². The zero-order valence-electron chi connectivity index (χ0n) is 14.5. The number of pyridine rings is 1. The smallest absolute Gasteiger partial charge is 0.255 e. The predicted molar refractivity (Wildman–Crippen MR) is 99.8 cm³/mol. The fourth-order valence-corrected chi connectivity index (χ4v) is 3.04. The number of morpholine rings is 1. The van der Waals surface area contributed by atoms with E-state index < -0.39 is 0 Å². The molecule has 0 saturated carbocycles. The topological polar surface area (TPSA) is 54.5 Å². The zero-order valence-corrected chi connectivity index (χ0v) is 15.2. The lowest BCUT2D eigenvalue weighted by Crippen LogP contribution is -2.41. The number of ether oxygens (including phenoxy) is 1. The second-order valence-electron chi connectivity index (χ2n) is 6.35. The van der Waals surface area contributed by atoms with E-state index in [4.69, 9.17) is 16.3 Å². The van der Waals surface area contributed by atoms with E-state index in [-0.39, 0.29) is 11.8 Å². The normalized spacial score (nSPS) is 14.6. The lowest BCUT2D eigenvalue weighted by atomic mass is 9.98. The minimum absolute atomic E-state index is 0.0220. The van der Waals surface area contributed by atoms with Gasteiger partial charge < -0.3 is 15.0 Å². The first-order valence-corrected chi connectivity index (χ1v) is 8.82. The van der Waals surface area contributed by atoms with Crippen molar-refractivity contribution in [2.24, 2.45) is 0 Å². The van der Waals surface area contributed by atoms with Gasteiger partial charge in [0, 0.05) is 30.0 Å². The van der Waals surface area contributed by atoms with E-state index in [9.17, 15) is 4.79 Å². The first-order valence-electron chi connectivity index (χ1n) is 8.44. The van der Waals surface area contributed by atoms with Crippen LogP contribution in [0, 0.1) is 0 Å². The molecular weight excluding hydrogens is 338 g/mol. The van der Waals surface area contributed by atoms with E-state index in [1.807, 2.05) is 35.2 Å². The lowest BCUT2D eigenvalue weighted by Gasteiger charge is -2.28. The highest BCUT2D eigenvalue weighted by Gasteiger charge is 2.22. The molecule has 1 aromatic heterocycles. The highest BCUT2D eigenvalue weighted by molar-refractivity contribution is 6.30. The minimum Gasteiger partial charge on any atom is -0.378 e. The third kappa shape index (κ3) is 4.30. The van der Waals surface area contributed by atoms with Crippen molar-refractivity contribution in [1.29, 1.82) is 0 Å². The molecule has 0 spiro atoms. The van der Waals surface area contributed by atoms with Crippen LogP contribution in [0.15, 0.2) is 36.5 Å². The number of hydrogen-bond acceptors (Lipinski definition) is 4. The molecule has 132 valence electrons. The van der Waals surface area contributed by atoms with Crippen molar-refractivity contribution < 1.29 is 9.53 Å². The molecule has 1 amide bonds. The average Bonchev–Trinajstić information content (AvgIpc) is 2.62. The first kappa shape index (κ1) is 17.7. The number of carbonyl (C=O) groups excluding carboxylic acids is 1. The molecule has 3 rings (SSSR count). The van der Waals surface area contributed by atoms with Crippen LogP contribution in [0.3, 0.4) is 0 Å². The molecule has 0 bridgehead atoms. The Bertz CT molecular complexity index is 758.